The molecule has 3 aliphatic heterocycles. The lowest BCUT2D eigenvalue weighted by molar-refractivity contribution is 0.571. The molecule has 0 amide bonds. The van der Waals surface area contributed by atoms with E-state index in [-0.39, 0.29) is 5.41 Å². The molecular weight excluding hydrogens is 238 g/mol. The molecule has 0 aliphatic carbocycles. The zero-order valence-electron chi connectivity index (χ0n) is 11.7. The molecule has 0 aromatic heterocycles. The summed E-state index contributed by atoms with van der Waals surface area (Å²) >= 11 is 0. The van der Waals surface area contributed by atoms with Crippen LogP contribution in [0.2, 0.25) is 0 Å². The van der Waals surface area contributed by atoms with Crippen LogP contribution in [-0.4, -0.2) is 28.4 Å². The van der Waals surface area contributed by atoms with Gasteiger partial charge in [-0.15, -0.1) is 0 Å². The molecule has 0 unspecified atom stereocenters. The number of guanidine groups is 1. The van der Waals surface area contributed by atoms with Gasteiger partial charge in [0.1, 0.15) is 23.3 Å². The van der Waals surface area contributed by atoms with E-state index in [1.807, 2.05) is 30.1 Å². The molecule has 0 N–H and O–H groups in total. The lowest BCUT2D eigenvalue weighted by Gasteiger charge is -2.33. The minimum atomic E-state index is -0.0995. The summed E-state index contributed by atoms with van der Waals surface area (Å²) < 4.78 is 0. The first-order chi connectivity index (χ1) is 8.99. The molecule has 0 saturated carbocycles. The second-order valence-corrected chi connectivity index (χ2v) is 5.67. The van der Waals surface area contributed by atoms with E-state index in [0.29, 0.717) is 5.96 Å². The summed E-state index contributed by atoms with van der Waals surface area (Å²) in [6.07, 6.45) is 6.69. The number of rotatable bonds is 1. The van der Waals surface area contributed by atoms with Crippen LogP contribution in [0.3, 0.4) is 0 Å². The van der Waals surface area contributed by atoms with Gasteiger partial charge in [0.05, 0.1) is 0 Å². The van der Waals surface area contributed by atoms with E-state index in [1.54, 1.807) is 0 Å². The summed E-state index contributed by atoms with van der Waals surface area (Å²) in [5.41, 5.74) is -0.0995. The minimum absolute atomic E-state index is 0.0995. The zero-order chi connectivity index (χ0) is 13.6. The highest BCUT2D eigenvalue weighted by Gasteiger charge is 2.32. The van der Waals surface area contributed by atoms with Crippen molar-refractivity contribution >= 4 is 23.5 Å². The Bertz CT molecular complexity index is 608. The van der Waals surface area contributed by atoms with Gasteiger partial charge < -0.3 is 0 Å². The largest absolute Gasteiger partial charge is 0.246 e. The third-order valence-electron chi connectivity index (χ3n) is 3.03. The summed E-state index contributed by atoms with van der Waals surface area (Å²) in [5, 5.41) is 0. The molecule has 0 atom stereocenters. The highest BCUT2D eigenvalue weighted by molar-refractivity contribution is 6.21. The fraction of sp³-hybridized carbons (Fsp3) is 0.429. The Morgan fingerprint density at radius 3 is 2.58 bits per heavy atom. The van der Waals surface area contributed by atoms with Crippen molar-refractivity contribution in [1.29, 1.82) is 0 Å². The fourth-order valence-corrected chi connectivity index (χ4v) is 1.99. The fourth-order valence-electron chi connectivity index (χ4n) is 1.99. The van der Waals surface area contributed by atoms with Gasteiger partial charge in [0.2, 0.25) is 5.96 Å². The minimum Gasteiger partial charge on any atom is -0.246 e. The van der Waals surface area contributed by atoms with E-state index >= 15 is 0 Å². The average molecular weight is 255 g/mol. The van der Waals surface area contributed by atoms with Gasteiger partial charge in [-0.05, 0) is 12.2 Å². The summed E-state index contributed by atoms with van der Waals surface area (Å²) in [6, 6.07) is 0. The van der Waals surface area contributed by atoms with Gasteiger partial charge in [0.25, 0.3) is 0 Å². The highest BCUT2D eigenvalue weighted by Crippen LogP contribution is 2.28. The Balaban J connectivity index is 2.15. The standard InChI is InChI=1S/C14H17N5/c1-5-9-15-10-7-6-8-11-17-12(14(2,3)4)18-13(16-9)19(10)11/h6-8H,5H2,1-4H3. The molecule has 5 nitrogen and oxygen atoms in total. The number of hydrogen-bond acceptors (Lipinski definition) is 5. The lowest BCUT2D eigenvalue weighted by Crippen LogP contribution is -2.42. The quantitative estimate of drug-likeness (QED) is 0.710. The van der Waals surface area contributed by atoms with E-state index in [2.05, 4.69) is 40.7 Å². The number of allylic oxidation sites excluding steroid dienone is 2. The third kappa shape index (κ3) is 1.95. The molecule has 0 fully saturated rings. The Kier molecular flexibility index (Phi) is 2.52. The molecule has 3 rings (SSSR count). The smallest absolute Gasteiger partial charge is 0.240 e. The van der Waals surface area contributed by atoms with E-state index < -0.39 is 0 Å². The third-order valence-corrected chi connectivity index (χ3v) is 3.03. The van der Waals surface area contributed by atoms with E-state index in [4.69, 9.17) is 0 Å². The molecule has 0 bridgehead atoms. The van der Waals surface area contributed by atoms with E-state index in [9.17, 15) is 0 Å². The predicted molar refractivity (Wildman–Crippen MR) is 78.5 cm³/mol. The van der Waals surface area contributed by atoms with Gasteiger partial charge in [-0.2, -0.15) is 9.98 Å². The van der Waals surface area contributed by atoms with Crippen LogP contribution in [0, 0.1) is 5.41 Å². The van der Waals surface area contributed by atoms with Crippen molar-refractivity contribution in [3.05, 3.63) is 24.0 Å². The van der Waals surface area contributed by atoms with Crippen LogP contribution in [-0.2, 0) is 0 Å². The van der Waals surface area contributed by atoms with E-state index in [0.717, 1.165) is 29.7 Å². The van der Waals surface area contributed by atoms with Gasteiger partial charge in [0, 0.05) is 11.8 Å². The molecule has 0 radical (unpaired) electrons. The molecule has 3 heterocycles. The van der Waals surface area contributed by atoms with Crippen LogP contribution in [0.25, 0.3) is 0 Å². The molecule has 0 spiro atoms. The molecule has 0 aromatic carbocycles. The van der Waals surface area contributed by atoms with Gasteiger partial charge in [-0.25, -0.2) is 14.9 Å². The molecule has 0 aromatic rings. The van der Waals surface area contributed by atoms with Crippen molar-refractivity contribution in [2.24, 2.45) is 25.4 Å². The normalized spacial score (nSPS) is 21.1. The average Bonchev–Trinajstić information content (AvgIpc) is 2.37. The maximum atomic E-state index is 4.62. The van der Waals surface area contributed by atoms with E-state index in [1.165, 1.54) is 0 Å². The highest BCUT2D eigenvalue weighted by atomic mass is 15.4. The van der Waals surface area contributed by atoms with Gasteiger partial charge in [0.15, 0.2) is 0 Å². The Hall–Kier alpha value is -2.04. The van der Waals surface area contributed by atoms with Crippen LogP contribution in [0.4, 0.5) is 0 Å². The van der Waals surface area contributed by atoms with Crippen molar-refractivity contribution < 1.29 is 0 Å². The molecule has 19 heavy (non-hydrogen) atoms. The van der Waals surface area contributed by atoms with Crippen LogP contribution in [0.5, 0.6) is 0 Å². The Morgan fingerprint density at radius 1 is 1.11 bits per heavy atom. The Labute approximate surface area is 112 Å². The zero-order valence-corrected chi connectivity index (χ0v) is 11.7. The molecular formula is C14H17N5. The van der Waals surface area contributed by atoms with Crippen molar-refractivity contribution in [1.82, 2.24) is 4.90 Å². The van der Waals surface area contributed by atoms with Gasteiger partial charge >= 0.3 is 0 Å². The maximum absolute atomic E-state index is 4.62. The van der Waals surface area contributed by atoms with Crippen LogP contribution in [0.15, 0.2) is 44.0 Å². The maximum Gasteiger partial charge on any atom is 0.240 e. The second kappa shape index (κ2) is 3.98. The summed E-state index contributed by atoms with van der Waals surface area (Å²) in [5.74, 6) is 3.99. The first-order valence-corrected chi connectivity index (χ1v) is 6.51. The predicted octanol–water partition coefficient (Wildman–Crippen LogP) is 2.73. The summed E-state index contributed by atoms with van der Waals surface area (Å²) in [6.45, 7) is 8.36. The second-order valence-electron chi connectivity index (χ2n) is 5.67. The number of hydrogen-bond donors (Lipinski definition) is 0. The summed E-state index contributed by atoms with van der Waals surface area (Å²) in [4.78, 5) is 20.2. The lowest BCUT2D eigenvalue weighted by atomic mass is 9.95. The van der Waals surface area contributed by atoms with Crippen LogP contribution < -0.4 is 0 Å². The van der Waals surface area contributed by atoms with Crippen molar-refractivity contribution in [3.63, 3.8) is 0 Å². The topological polar surface area (TPSA) is 52.7 Å². The van der Waals surface area contributed by atoms with Gasteiger partial charge in [-0.3, -0.25) is 0 Å². The van der Waals surface area contributed by atoms with Gasteiger partial charge in [-0.1, -0.05) is 33.8 Å². The molecule has 98 valence electrons. The molecule has 3 aliphatic rings. The number of nitrogens with zero attached hydrogens (tertiary/aromatic N) is 5. The molecule has 5 heteroatoms. The Morgan fingerprint density at radius 2 is 1.89 bits per heavy atom. The van der Waals surface area contributed by atoms with Crippen molar-refractivity contribution in [3.8, 4) is 0 Å². The summed E-state index contributed by atoms with van der Waals surface area (Å²) in [7, 11) is 0. The van der Waals surface area contributed by atoms with Crippen molar-refractivity contribution in [2.45, 2.75) is 34.1 Å². The monoisotopic (exact) mass is 255 g/mol. The number of amidine groups is 3. The first kappa shape index (κ1) is 12.0. The first-order valence-electron chi connectivity index (χ1n) is 6.51. The SMILES string of the molecule is CCC1=NC2=NC(C(C)(C)C)=NC3=CC=CC(=N1)N32. The molecule has 0 saturated heterocycles. The van der Waals surface area contributed by atoms with Crippen LogP contribution in [0.1, 0.15) is 34.1 Å². The van der Waals surface area contributed by atoms with Crippen LogP contribution >= 0.6 is 0 Å². The van der Waals surface area contributed by atoms with Crippen molar-refractivity contribution in [2.75, 3.05) is 0 Å². The number of aliphatic imine (C=N–C) groups is 4.